The molecule has 2 rings (SSSR count). The molecule has 0 aliphatic heterocycles. The molecule has 0 fully saturated rings. The van der Waals surface area contributed by atoms with Gasteiger partial charge in [-0.1, -0.05) is 30.7 Å². The second-order valence-corrected chi connectivity index (χ2v) is 8.44. The number of carbonyl (C=O) groups is 1. The molecule has 140 valence electrons. The lowest BCUT2D eigenvalue weighted by Gasteiger charge is -2.18. The van der Waals surface area contributed by atoms with Crippen LogP contribution in [0.15, 0.2) is 53.4 Å². The first kappa shape index (κ1) is 20.4. The molecule has 0 aromatic heterocycles. The van der Waals surface area contributed by atoms with Crippen LogP contribution in [-0.2, 0) is 10.0 Å². The van der Waals surface area contributed by atoms with E-state index in [1.807, 2.05) is 25.1 Å². The molecule has 0 radical (unpaired) electrons. The molecule has 1 unspecified atom stereocenters. The molecule has 2 aromatic carbocycles. The second-order valence-electron chi connectivity index (χ2n) is 6.29. The van der Waals surface area contributed by atoms with Crippen LogP contribution in [0.25, 0.3) is 0 Å². The molecule has 0 aliphatic carbocycles. The molecule has 26 heavy (non-hydrogen) atoms. The molecule has 0 bridgehead atoms. The summed E-state index contributed by atoms with van der Waals surface area (Å²) in [6.45, 7) is 5.47. The van der Waals surface area contributed by atoms with Crippen LogP contribution in [-0.4, -0.2) is 20.4 Å². The molecule has 0 aliphatic rings. The highest BCUT2D eigenvalue weighted by atomic mass is 35.5. The van der Waals surface area contributed by atoms with Crippen LogP contribution in [0.4, 0.5) is 0 Å². The molecule has 2 N–H and O–H groups in total. The number of nitrogens with one attached hydrogen (secondary N) is 2. The maximum absolute atomic E-state index is 12.5. The van der Waals surface area contributed by atoms with Gasteiger partial charge in [0.1, 0.15) is 0 Å². The Morgan fingerprint density at radius 2 is 1.77 bits per heavy atom. The van der Waals surface area contributed by atoms with E-state index in [1.54, 1.807) is 19.9 Å². The molecular weight excluding hydrogens is 372 g/mol. The highest BCUT2D eigenvalue weighted by Crippen LogP contribution is 2.21. The molecular formula is C19H23ClN2O3S. The Hall–Kier alpha value is -1.89. The number of rotatable bonds is 7. The first-order chi connectivity index (χ1) is 12.2. The predicted molar refractivity (Wildman–Crippen MR) is 104 cm³/mol. The summed E-state index contributed by atoms with van der Waals surface area (Å²) in [6, 6.07) is 12.9. The van der Waals surface area contributed by atoms with Gasteiger partial charge in [0, 0.05) is 16.6 Å². The van der Waals surface area contributed by atoms with Gasteiger partial charge in [0.2, 0.25) is 10.0 Å². The molecule has 1 amide bonds. The van der Waals surface area contributed by atoms with Gasteiger partial charge >= 0.3 is 0 Å². The Morgan fingerprint density at radius 1 is 1.12 bits per heavy atom. The van der Waals surface area contributed by atoms with Gasteiger partial charge in [-0.2, -0.15) is 0 Å². The number of benzene rings is 2. The summed E-state index contributed by atoms with van der Waals surface area (Å²) >= 11 is 6.02. The van der Waals surface area contributed by atoms with Gasteiger partial charge in [0.15, 0.2) is 0 Å². The van der Waals surface area contributed by atoms with Gasteiger partial charge in [-0.15, -0.1) is 0 Å². The van der Waals surface area contributed by atoms with Gasteiger partial charge in [0.25, 0.3) is 5.91 Å². The second kappa shape index (κ2) is 8.66. The summed E-state index contributed by atoms with van der Waals surface area (Å²) in [5, 5.41) is 3.57. The number of hydrogen-bond acceptors (Lipinski definition) is 3. The van der Waals surface area contributed by atoms with E-state index in [4.69, 9.17) is 11.6 Å². The predicted octanol–water partition coefficient (Wildman–Crippen LogP) is 3.91. The van der Waals surface area contributed by atoms with Crippen LogP contribution in [0, 0.1) is 0 Å². The standard InChI is InChI=1S/C19H23ClN2O3S/c1-4-18(15-6-5-7-16(20)12-15)21-19(23)14-8-10-17(11-9-14)26(24,25)22-13(2)3/h5-13,18,22H,4H2,1-3H3,(H,21,23). The number of sulfonamides is 1. The van der Waals surface area contributed by atoms with Crippen LogP contribution >= 0.6 is 11.6 Å². The van der Waals surface area contributed by atoms with Crippen molar-refractivity contribution in [3.8, 4) is 0 Å². The fraction of sp³-hybridized carbons (Fsp3) is 0.316. The van der Waals surface area contributed by atoms with E-state index in [-0.39, 0.29) is 22.9 Å². The molecule has 7 heteroatoms. The van der Waals surface area contributed by atoms with E-state index in [0.29, 0.717) is 17.0 Å². The minimum Gasteiger partial charge on any atom is -0.345 e. The fourth-order valence-corrected chi connectivity index (χ4v) is 4.00. The number of carbonyl (C=O) groups excluding carboxylic acids is 1. The third-order valence-electron chi connectivity index (χ3n) is 3.78. The van der Waals surface area contributed by atoms with Crippen molar-refractivity contribution in [2.24, 2.45) is 0 Å². The summed E-state index contributed by atoms with van der Waals surface area (Å²) in [7, 11) is -3.57. The fourth-order valence-electron chi connectivity index (χ4n) is 2.55. The van der Waals surface area contributed by atoms with Crippen molar-refractivity contribution in [3.05, 3.63) is 64.7 Å². The lowest BCUT2D eigenvalue weighted by Crippen LogP contribution is -2.30. The Bertz CT molecular complexity index is 865. The van der Waals surface area contributed by atoms with E-state index in [1.165, 1.54) is 24.3 Å². The van der Waals surface area contributed by atoms with Crippen LogP contribution < -0.4 is 10.0 Å². The molecule has 0 saturated heterocycles. The molecule has 0 spiro atoms. The molecule has 5 nitrogen and oxygen atoms in total. The Morgan fingerprint density at radius 3 is 2.31 bits per heavy atom. The quantitative estimate of drug-likeness (QED) is 0.747. The molecule has 0 heterocycles. The molecule has 2 aromatic rings. The third kappa shape index (κ3) is 5.30. The summed E-state index contributed by atoms with van der Waals surface area (Å²) in [6.07, 6.45) is 0.705. The van der Waals surface area contributed by atoms with E-state index in [2.05, 4.69) is 10.0 Å². The number of hydrogen-bond donors (Lipinski definition) is 2. The van der Waals surface area contributed by atoms with Crippen molar-refractivity contribution in [3.63, 3.8) is 0 Å². The number of halogens is 1. The number of amides is 1. The lowest BCUT2D eigenvalue weighted by atomic mass is 10.0. The van der Waals surface area contributed by atoms with Crippen molar-refractivity contribution in [2.45, 2.75) is 44.2 Å². The lowest BCUT2D eigenvalue weighted by molar-refractivity contribution is 0.0935. The minimum atomic E-state index is -3.57. The Balaban J connectivity index is 2.14. The highest BCUT2D eigenvalue weighted by Gasteiger charge is 2.18. The van der Waals surface area contributed by atoms with E-state index in [0.717, 1.165) is 5.56 Å². The van der Waals surface area contributed by atoms with Crippen molar-refractivity contribution in [1.82, 2.24) is 10.0 Å². The van der Waals surface area contributed by atoms with Gasteiger partial charge in [-0.3, -0.25) is 4.79 Å². The maximum Gasteiger partial charge on any atom is 0.251 e. The maximum atomic E-state index is 12.5. The largest absolute Gasteiger partial charge is 0.345 e. The van der Waals surface area contributed by atoms with Gasteiger partial charge in [-0.25, -0.2) is 13.1 Å². The first-order valence-electron chi connectivity index (χ1n) is 8.41. The normalized spacial score (nSPS) is 12.8. The van der Waals surface area contributed by atoms with E-state index in [9.17, 15) is 13.2 Å². The zero-order valence-corrected chi connectivity index (χ0v) is 16.6. The Labute approximate surface area is 159 Å². The van der Waals surface area contributed by atoms with Crippen molar-refractivity contribution >= 4 is 27.5 Å². The van der Waals surface area contributed by atoms with Gasteiger partial charge < -0.3 is 5.32 Å². The van der Waals surface area contributed by atoms with Crippen LogP contribution in [0.1, 0.15) is 49.2 Å². The van der Waals surface area contributed by atoms with Gasteiger partial charge in [-0.05, 0) is 62.2 Å². The van der Waals surface area contributed by atoms with Crippen LogP contribution in [0.5, 0.6) is 0 Å². The SMILES string of the molecule is CCC(NC(=O)c1ccc(S(=O)(=O)NC(C)C)cc1)c1cccc(Cl)c1. The summed E-state index contributed by atoms with van der Waals surface area (Å²) in [5.74, 6) is -0.266. The minimum absolute atomic E-state index is 0.129. The molecule has 1 atom stereocenters. The van der Waals surface area contributed by atoms with E-state index >= 15 is 0 Å². The zero-order chi connectivity index (χ0) is 19.3. The molecule has 0 saturated carbocycles. The first-order valence-corrected chi connectivity index (χ1v) is 10.3. The third-order valence-corrected chi connectivity index (χ3v) is 5.69. The summed E-state index contributed by atoms with van der Waals surface area (Å²) in [4.78, 5) is 12.6. The van der Waals surface area contributed by atoms with Crippen molar-refractivity contribution in [2.75, 3.05) is 0 Å². The summed E-state index contributed by atoms with van der Waals surface area (Å²) in [5.41, 5.74) is 1.32. The zero-order valence-electron chi connectivity index (χ0n) is 15.0. The van der Waals surface area contributed by atoms with Crippen LogP contribution in [0.2, 0.25) is 5.02 Å². The van der Waals surface area contributed by atoms with Crippen LogP contribution in [0.3, 0.4) is 0 Å². The van der Waals surface area contributed by atoms with Crippen molar-refractivity contribution < 1.29 is 13.2 Å². The monoisotopic (exact) mass is 394 g/mol. The van der Waals surface area contributed by atoms with E-state index < -0.39 is 10.0 Å². The van der Waals surface area contributed by atoms with Gasteiger partial charge in [0.05, 0.1) is 10.9 Å². The van der Waals surface area contributed by atoms with Crippen molar-refractivity contribution in [1.29, 1.82) is 0 Å². The average molecular weight is 395 g/mol. The smallest absolute Gasteiger partial charge is 0.251 e. The highest BCUT2D eigenvalue weighted by molar-refractivity contribution is 7.89. The summed E-state index contributed by atoms with van der Waals surface area (Å²) < 4.78 is 26.8. The Kier molecular flexibility index (Phi) is 6.81. The average Bonchev–Trinajstić information content (AvgIpc) is 2.58. The topological polar surface area (TPSA) is 75.3 Å².